The highest BCUT2D eigenvalue weighted by Crippen LogP contribution is 2.53. The van der Waals surface area contributed by atoms with Crippen LogP contribution in [0.15, 0.2) is 0 Å². The molecule has 3 unspecified atom stereocenters. The van der Waals surface area contributed by atoms with Gasteiger partial charge in [0.2, 0.25) is 0 Å². The largest absolute Gasteiger partial charge is 0.0622 e. The molecule has 0 radical (unpaired) electrons. The van der Waals surface area contributed by atoms with Gasteiger partial charge in [-0.15, -0.1) is 0 Å². The van der Waals surface area contributed by atoms with Crippen molar-refractivity contribution in [2.45, 2.75) is 31.7 Å². The van der Waals surface area contributed by atoms with E-state index in [1.54, 1.807) is 19.3 Å². The highest BCUT2D eigenvalue weighted by molar-refractivity contribution is 6.12. The van der Waals surface area contributed by atoms with Crippen molar-refractivity contribution in [3.63, 3.8) is 0 Å². The Kier molecular flexibility index (Phi) is 1.22. The number of rotatable bonds is 0. The average Bonchev–Trinajstić information content (AvgIpc) is 2.22. The lowest BCUT2D eigenvalue weighted by atomic mass is 9.90. The van der Waals surface area contributed by atoms with Crippen LogP contribution in [0.4, 0.5) is 0 Å². The molecule has 0 aromatic carbocycles. The fourth-order valence-corrected chi connectivity index (χ4v) is 4.70. The van der Waals surface area contributed by atoms with Gasteiger partial charge < -0.3 is 0 Å². The fraction of sp³-hybridized carbons (Fsp3) is 1.00. The molecule has 52 valence electrons. The molecule has 2 saturated carbocycles. The Morgan fingerprint density at radius 1 is 1.22 bits per heavy atom. The van der Waals surface area contributed by atoms with Crippen LogP contribution in [0.1, 0.15) is 26.2 Å². The predicted molar refractivity (Wildman–Crippen MR) is 43.7 cm³/mol. The van der Waals surface area contributed by atoms with E-state index in [9.17, 15) is 0 Å². The first-order valence-corrected chi connectivity index (χ1v) is 5.43. The molecular formula is C8H16Si. The molecule has 0 aliphatic heterocycles. The first-order valence-electron chi connectivity index (χ1n) is 4.27. The summed E-state index contributed by atoms with van der Waals surface area (Å²) in [7, 11) is 1.46. The van der Waals surface area contributed by atoms with Gasteiger partial charge in [-0.25, -0.2) is 0 Å². The van der Waals surface area contributed by atoms with Gasteiger partial charge in [0.1, 0.15) is 0 Å². The SMILES string of the molecule is CC1CC2CC1[C@@H]([SiH3])C2. The summed E-state index contributed by atoms with van der Waals surface area (Å²) in [6.45, 7) is 2.45. The minimum atomic E-state index is 1.09. The van der Waals surface area contributed by atoms with Crippen molar-refractivity contribution < 1.29 is 0 Å². The highest BCUT2D eigenvalue weighted by Gasteiger charge is 2.41. The summed E-state index contributed by atoms with van der Waals surface area (Å²) in [5.74, 6) is 3.42. The van der Waals surface area contributed by atoms with E-state index in [-0.39, 0.29) is 0 Å². The molecule has 2 fully saturated rings. The topological polar surface area (TPSA) is 0 Å². The Morgan fingerprint density at radius 2 is 2.00 bits per heavy atom. The monoisotopic (exact) mass is 140 g/mol. The van der Waals surface area contributed by atoms with Gasteiger partial charge in [-0.2, -0.15) is 0 Å². The van der Waals surface area contributed by atoms with E-state index >= 15 is 0 Å². The van der Waals surface area contributed by atoms with Gasteiger partial charge in [-0.3, -0.25) is 0 Å². The van der Waals surface area contributed by atoms with Crippen LogP contribution in [0.5, 0.6) is 0 Å². The highest BCUT2D eigenvalue weighted by atomic mass is 28.1. The maximum atomic E-state index is 2.45. The molecule has 0 nitrogen and oxygen atoms in total. The summed E-state index contributed by atoms with van der Waals surface area (Å²) < 4.78 is 0. The maximum absolute atomic E-state index is 2.45. The Morgan fingerprint density at radius 3 is 2.33 bits per heavy atom. The maximum Gasteiger partial charge on any atom is 0.00710 e. The zero-order valence-electron chi connectivity index (χ0n) is 6.43. The molecule has 0 amide bonds. The Labute approximate surface area is 60.5 Å². The van der Waals surface area contributed by atoms with Crippen LogP contribution in [-0.4, -0.2) is 10.2 Å². The average molecular weight is 140 g/mol. The second-order valence-corrected chi connectivity index (χ2v) is 5.67. The van der Waals surface area contributed by atoms with Gasteiger partial charge in [0.25, 0.3) is 0 Å². The van der Waals surface area contributed by atoms with Gasteiger partial charge in [0.15, 0.2) is 0 Å². The molecule has 4 atom stereocenters. The number of hydrogen-bond acceptors (Lipinski definition) is 0. The van der Waals surface area contributed by atoms with Crippen LogP contribution in [0, 0.1) is 17.8 Å². The third-order valence-electron chi connectivity index (χ3n) is 3.48. The molecule has 0 heterocycles. The Hall–Kier alpha value is 0.217. The second kappa shape index (κ2) is 1.85. The minimum Gasteiger partial charge on any atom is -0.0622 e. The van der Waals surface area contributed by atoms with Crippen molar-refractivity contribution in [1.29, 1.82) is 0 Å². The van der Waals surface area contributed by atoms with Crippen LogP contribution in [0.3, 0.4) is 0 Å². The quantitative estimate of drug-likeness (QED) is 0.444. The van der Waals surface area contributed by atoms with Crippen LogP contribution >= 0.6 is 0 Å². The summed E-state index contributed by atoms with van der Waals surface area (Å²) >= 11 is 0. The molecular weight excluding hydrogens is 124 g/mol. The Bertz CT molecular complexity index is 110. The molecule has 0 N–H and O–H groups in total. The Balaban J connectivity index is 2.13. The van der Waals surface area contributed by atoms with Gasteiger partial charge >= 0.3 is 0 Å². The normalized spacial score (nSPS) is 57.0. The summed E-state index contributed by atoms with van der Waals surface area (Å²) in [5, 5.41) is 0. The van der Waals surface area contributed by atoms with Crippen molar-refractivity contribution in [3.8, 4) is 0 Å². The van der Waals surface area contributed by atoms with Gasteiger partial charge in [0.05, 0.1) is 0 Å². The van der Waals surface area contributed by atoms with E-state index in [0.29, 0.717) is 0 Å². The van der Waals surface area contributed by atoms with E-state index in [1.807, 2.05) is 0 Å². The zero-order chi connectivity index (χ0) is 6.43. The summed E-state index contributed by atoms with van der Waals surface area (Å²) in [6, 6.07) is 0. The van der Waals surface area contributed by atoms with Gasteiger partial charge in [0, 0.05) is 10.2 Å². The van der Waals surface area contributed by atoms with Crippen molar-refractivity contribution >= 4 is 10.2 Å². The number of fused-ring (bicyclic) bond motifs is 2. The first kappa shape index (κ1) is 5.96. The number of hydrogen-bond donors (Lipinski definition) is 0. The zero-order valence-corrected chi connectivity index (χ0v) is 8.43. The molecule has 2 rings (SSSR count). The third-order valence-corrected chi connectivity index (χ3v) is 4.81. The van der Waals surface area contributed by atoms with Crippen LogP contribution in [-0.2, 0) is 0 Å². The fourth-order valence-electron chi connectivity index (χ4n) is 3.10. The van der Waals surface area contributed by atoms with Crippen molar-refractivity contribution in [2.24, 2.45) is 17.8 Å². The van der Waals surface area contributed by atoms with Gasteiger partial charge in [-0.1, -0.05) is 18.9 Å². The summed E-state index contributed by atoms with van der Waals surface area (Å²) in [5.41, 5.74) is 1.19. The van der Waals surface area contributed by atoms with E-state index in [2.05, 4.69) is 6.92 Å². The van der Waals surface area contributed by atoms with E-state index in [0.717, 1.165) is 11.8 Å². The lowest BCUT2D eigenvalue weighted by Crippen LogP contribution is -2.12. The third kappa shape index (κ3) is 0.777. The van der Waals surface area contributed by atoms with Crippen molar-refractivity contribution in [2.75, 3.05) is 0 Å². The summed E-state index contributed by atoms with van der Waals surface area (Å²) in [6.07, 6.45) is 4.75. The standard InChI is InChI=1S/C8H16Si/c1-5-2-6-3-7(5)8(9)4-6/h5-8H,2-4H2,1,9H3/t5?,6?,7?,8-/m0/s1. The predicted octanol–water partition coefficient (Wildman–Crippen LogP) is 1.21. The molecule has 2 bridgehead atoms. The van der Waals surface area contributed by atoms with Crippen molar-refractivity contribution in [1.82, 2.24) is 0 Å². The van der Waals surface area contributed by atoms with Crippen LogP contribution in [0.25, 0.3) is 0 Å². The van der Waals surface area contributed by atoms with Crippen LogP contribution < -0.4 is 0 Å². The lowest BCUT2D eigenvalue weighted by Gasteiger charge is -2.23. The molecule has 1 heteroatoms. The van der Waals surface area contributed by atoms with E-state index < -0.39 is 0 Å². The minimum absolute atomic E-state index is 1.09. The van der Waals surface area contributed by atoms with Gasteiger partial charge in [-0.05, 0) is 30.6 Å². The molecule has 0 aromatic heterocycles. The van der Waals surface area contributed by atoms with Crippen molar-refractivity contribution in [3.05, 3.63) is 0 Å². The molecule has 2 aliphatic carbocycles. The van der Waals surface area contributed by atoms with E-state index in [4.69, 9.17) is 0 Å². The molecule has 2 aliphatic rings. The van der Waals surface area contributed by atoms with E-state index in [1.165, 1.54) is 21.7 Å². The lowest BCUT2D eigenvalue weighted by molar-refractivity contribution is 0.360. The van der Waals surface area contributed by atoms with Crippen LogP contribution in [0.2, 0.25) is 5.54 Å². The molecule has 0 spiro atoms. The second-order valence-electron chi connectivity index (χ2n) is 4.19. The molecule has 9 heavy (non-hydrogen) atoms. The smallest absolute Gasteiger partial charge is 0.00710 e. The molecule has 0 aromatic rings. The first-order chi connectivity index (χ1) is 4.27. The summed E-state index contributed by atoms with van der Waals surface area (Å²) in [4.78, 5) is 0. The molecule has 0 saturated heterocycles.